The molecule has 0 saturated carbocycles. The lowest BCUT2D eigenvalue weighted by atomic mass is 10.2. The molecule has 0 aliphatic carbocycles. The van der Waals surface area contributed by atoms with Gasteiger partial charge in [0.25, 0.3) is 0 Å². The molecule has 1 N–H and O–H groups in total. The zero-order chi connectivity index (χ0) is 16.0. The Morgan fingerprint density at radius 1 is 1.14 bits per heavy atom. The van der Waals surface area contributed by atoms with Crippen LogP contribution in [0, 0.1) is 12.7 Å². The van der Waals surface area contributed by atoms with Crippen LogP contribution < -0.4 is 9.46 Å². The van der Waals surface area contributed by atoms with Crippen molar-refractivity contribution in [2.75, 3.05) is 13.2 Å². The molecule has 0 spiro atoms. The van der Waals surface area contributed by atoms with Gasteiger partial charge in [0.2, 0.25) is 10.0 Å². The van der Waals surface area contributed by atoms with Crippen molar-refractivity contribution in [3.63, 3.8) is 0 Å². The van der Waals surface area contributed by atoms with Crippen LogP contribution in [0.5, 0.6) is 5.75 Å². The third-order valence-corrected chi connectivity index (χ3v) is 4.31. The van der Waals surface area contributed by atoms with Gasteiger partial charge in [-0.1, -0.05) is 24.3 Å². The second kappa shape index (κ2) is 7.38. The minimum atomic E-state index is -3.46. The van der Waals surface area contributed by atoms with Crippen LogP contribution in [-0.4, -0.2) is 21.6 Å². The largest absolute Gasteiger partial charge is 0.492 e. The topological polar surface area (TPSA) is 55.4 Å². The highest BCUT2D eigenvalue weighted by Crippen LogP contribution is 2.12. The molecule has 0 fully saturated rings. The normalized spacial score (nSPS) is 11.4. The molecule has 6 heteroatoms. The summed E-state index contributed by atoms with van der Waals surface area (Å²) in [6.07, 6.45) is 0. The molecule has 0 atom stereocenters. The molecule has 0 saturated heterocycles. The third kappa shape index (κ3) is 5.46. The molecule has 0 aromatic heterocycles. The highest BCUT2D eigenvalue weighted by atomic mass is 32.2. The first kappa shape index (κ1) is 16.5. The van der Waals surface area contributed by atoms with Crippen molar-refractivity contribution in [2.24, 2.45) is 0 Å². The van der Waals surface area contributed by atoms with Gasteiger partial charge in [-0.25, -0.2) is 17.5 Å². The van der Waals surface area contributed by atoms with Crippen molar-refractivity contribution in [1.82, 2.24) is 4.72 Å². The molecule has 2 aromatic rings. The first-order valence-corrected chi connectivity index (χ1v) is 8.51. The lowest BCUT2D eigenvalue weighted by Crippen LogP contribution is -2.29. The maximum Gasteiger partial charge on any atom is 0.215 e. The van der Waals surface area contributed by atoms with Gasteiger partial charge in [-0.2, -0.15) is 0 Å². The number of benzene rings is 2. The van der Waals surface area contributed by atoms with Crippen molar-refractivity contribution in [1.29, 1.82) is 0 Å². The zero-order valence-corrected chi connectivity index (χ0v) is 13.1. The minimum Gasteiger partial charge on any atom is -0.492 e. The summed E-state index contributed by atoms with van der Waals surface area (Å²) in [5.41, 5.74) is 1.61. The van der Waals surface area contributed by atoms with Crippen LogP contribution in [0.1, 0.15) is 11.1 Å². The summed E-state index contributed by atoms with van der Waals surface area (Å²) in [6.45, 7) is 2.38. The molecule has 0 bridgehead atoms. The Labute approximate surface area is 130 Å². The number of sulfonamides is 1. The van der Waals surface area contributed by atoms with Gasteiger partial charge in [-0.05, 0) is 42.3 Å². The van der Waals surface area contributed by atoms with Crippen molar-refractivity contribution < 1.29 is 17.5 Å². The number of rotatable bonds is 7. The zero-order valence-electron chi connectivity index (χ0n) is 12.3. The number of halogens is 1. The molecule has 0 aliphatic heterocycles. The van der Waals surface area contributed by atoms with E-state index >= 15 is 0 Å². The number of aryl methyl sites for hydroxylation is 1. The minimum absolute atomic E-state index is 0.178. The standard InChI is InChI=1S/C16H18FNO3S/c1-13-3-2-4-16(11-13)21-10-9-18-22(19,20)12-14-5-7-15(17)8-6-14/h2-8,11,18H,9-10,12H2,1H3. The number of hydrogen-bond donors (Lipinski definition) is 1. The van der Waals surface area contributed by atoms with Gasteiger partial charge in [0, 0.05) is 6.54 Å². The van der Waals surface area contributed by atoms with Gasteiger partial charge in [0.05, 0.1) is 5.75 Å². The summed E-state index contributed by atoms with van der Waals surface area (Å²) in [5.74, 6) is 0.135. The highest BCUT2D eigenvalue weighted by Gasteiger charge is 2.11. The Balaban J connectivity index is 1.79. The fourth-order valence-corrected chi connectivity index (χ4v) is 3.05. The van der Waals surface area contributed by atoms with Crippen LogP contribution in [0.2, 0.25) is 0 Å². The fourth-order valence-electron chi connectivity index (χ4n) is 1.92. The summed E-state index contributed by atoms with van der Waals surface area (Å²) in [5, 5.41) is 0. The number of nitrogens with one attached hydrogen (secondary N) is 1. The van der Waals surface area contributed by atoms with E-state index in [1.165, 1.54) is 24.3 Å². The van der Waals surface area contributed by atoms with E-state index in [2.05, 4.69) is 4.72 Å². The second-order valence-corrected chi connectivity index (χ2v) is 6.75. The van der Waals surface area contributed by atoms with Crippen molar-refractivity contribution in [3.8, 4) is 5.75 Å². The van der Waals surface area contributed by atoms with Gasteiger partial charge in [-0.3, -0.25) is 0 Å². The highest BCUT2D eigenvalue weighted by molar-refractivity contribution is 7.88. The van der Waals surface area contributed by atoms with Crippen molar-refractivity contribution in [3.05, 3.63) is 65.5 Å². The monoisotopic (exact) mass is 323 g/mol. The number of hydrogen-bond acceptors (Lipinski definition) is 3. The third-order valence-electron chi connectivity index (χ3n) is 2.95. The molecular formula is C16H18FNO3S. The van der Waals surface area contributed by atoms with Crippen LogP contribution in [0.3, 0.4) is 0 Å². The molecule has 118 valence electrons. The molecule has 0 aliphatic rings. The predicted octanol–water partition coefficient (Wildman–Crippen LogP) is 2.63. The molecular weight excluding hydrogens is 305 g/mol. The summed E-state index contributed by atoms with van der Waals surface area (Å²) in [6, 6.07) is 12.9. The van der Waals surface area contributed by atoms with E-state index in [-0.39, 0.29) is 24.7 Å². The smallest absolute Gasteiger partial charge is 0.215 e. The SMILES string of the molecule is Cc1cccc(OCCNS(=O)(=O)Cc2ccc(F)cc2)c1. The van der Waals surface area contributed by atoms with E-state index in [1.807, 2.05) is 31.2 Å². The maximum atomic E-state index is 12.8. The van der Waals surface area contributed by atoms with Gasteiger partial charge in [0.15, 0.2) is 0 Å². The van der Waals surface area contributed by atoms with Gasteiger partial charge in [-0.15, -0.1) is 0 Å². The average molecular weight is 323 g/mol. The average Bonchev–Trinajstić information content (AvgIpc) is 2.46. The fraction of sp³-hybridized carbons (Fsp3) is 0.250. The van der Waals surface area contributed by atoms with E-state index in [0.29, 0.717) is 11.3 Å². The van der Waals surface area contributed by atoms with Crippen LogP contribution >= 0.6 is 0 Å². The first-order valence-electron chi connectivity index (χ1n) is 6.86. The Kier molecular flexibility index (Phi) is 5.51. The first-order chi connectivity index (χ1) is 10.4. The number of ether oxygens (including phenoxy) is 1. The summed E-state index contributed by atoms with van der Waals surface area (Å²) >= 11 is 0. The van der Waals surface area contributed by atoms with E-state index in [4.69, 9.17) is 4.74 Å². The molecule has 0 heterocycles. The summed E-state index contributed by atoms with van der Waals surface area (Å²) in [7, 11) is -3.46. The molecule has 22 heavy (non-hydrogen) atoms. The van der Waals surface area contributed by atoms with Gasteiger partial charge < -0.3 is 4.74 Å². The Morgan fingerprint density at radius 2 is 1.86 bits per heavy atom. The van der Waals surface area contributed by atoms with Crippen LogP contribution in [0.4, 0.5) is 4.39 Å². The Morgan fingerprint density at radius 3 is 2.55 bits per heavy atom. The van der Waals surface area contributed by atoms with Crippen LogP contribution in [0.25, 0.3) is 0 Å². The van der Waals surface area contributed by atoms with Crippen molar-refractivity contribution >= 4 is 10.0 Å². The maximum absolute atomic E-state index is 12.8. The Bertz CT molecular complexity index is 714. The van der Waals surface area contributed by atoms with Crippen molar-refractivity contribution in [2.45, 2.75) is 12.7 Å². The molecule has 2 rings (SSSR count). The lowest BCUT2D eigenvalue weighted by Gasteiger charge is -2.09. The van der Waals surface area contributed by atoms with E-state index in [9.17, 15) is 12.8 Å². The second-order valence-electron chi connectivity index (χ2n) is 4.94. The van der Waals surface area contributed by atoms with Gasteiger partial charge >= 0.3 is 0 Å². The van der Waals surface area contributed by atoms with E-state index in [1.54, 1.807) is 0 Å². The lowest BCUT2D eigenvalue weighted by molar-refractivity contribution is 0.322. The quantitative estimate of drug-likeness (QED) is 0.797. The Hall–Kier alpha value is -1.92. The molecule has 2 aromatic carbocycles. The molecule has 0 radical (unpaired) electrons. The van der Waals surface area contributed by atoms with Crippen LogP contribution in [-0.2, 0) is 15.8 Å². The molecule has 0 unspecified atom stereocenters. The summed E-state index contributed by atoms with van der Waals surface area (Å²) < 4.78 is 44.5. The van der Waals surface area contributed by atoms with Crippen LogP contribution in [0.15, 0.2) is 48.5 Å². The molecule has 4 nitrogen and oxygen atoms in total. The summed E-state index contributed by atoms with van der Waals surface area (Å²) in [4.78, 5) is 0. The van der Waals surface area contributed by atoms with E-state index in [0.717, 1.165) is 5.56 Å². The molecule has 0 amide bonds. The van der Waals surface area contributed by atoms with E-state index < -0.39 is 10.0 Å². The predicted molar refractivity (Wildman–Crippen MR) is 83.7 cm³/mol. The van der Waals surface area contributed by atoms with Gasteiger partial charge in [0.1, 0.15) is 18.2 Å².